The molecule has 0 aromatic heterocycles. The Hall–Kier alpha value is 0.347. The Labute approximate surface area is 266 Å². The van der Waals surface area contributed by atoms with Crippen LogP contribution in [0.4, 0.5) is 0 Å². The van der Waals surface area contributed by atoms with Gasteiger partial charge in [0.15, 0.2) is 0 Å². The molecular weight excluding hydrogens is 546 g/mol. The Bertz CT molecular complexity index is 493. The number of hydrogen-bond donors (Lipinski definition) is 0. The zero-order chi connectivity index (χ0) is 29.6. The number of hydrogen-bond acceptors (Lipinski definition) is 3. The zero-order valence-electron chi connectivity index (χ0n) is 29.1. The van der Waals surface area contributed by atoms with Gasteiger partial charge in [0.1, 0.15) is 0 Å². The molecule has 6 heteroatoms. The smallest absolute Gasteiger partial charge is 0.501 e. The third kappa shape index (κ3) is 28.9. The van der Waals surface area contributed by atoms with Crippen LogP contribution in [-0.4, -0.2) is 60.3 Å². The lowest BCUT2D eigenvalue weighted by atomic mass is 10.0. The van der Waals surface area contributed by atoms with Crippen LogP contribution >= 0.6 is 0 Å². The normalized spacial score (nSPS) is 12.1. The molecule has 0 spiro atoms. The second-order valence-electron chi connectivity index (χ2n) is 12.9. The van der Waals surface area contributed by atoms with Crippen LogP contribution in [0.15, 0.2) is 0 Å². The Balaban J connectivity index is 0. The largest absolute Gasteiger partial charge is 1.00 e. The molecule has 250 valence electrons. The molecule has 0 aromatic carbocycles. The first kappa shape index (κ1) is 43.5. The van der Waals surface area contributed by atoms with E-state index in [0.717, 1.165) is 16.9 Å². The van der Waals surface area contributed by atoms with Gasteiger partial charge in [-0.2, -0.15) is 0 Å². The van der Waals surface area contributed by atoms with Crippen molar-refractivity contribution in [3.8, 4) is 0 Å². The fraction of sp³-hybridized carbons (Fsp3) is 1.00. The number of nitrogens with zero attached hydrogens (tertiary/aromatic N) is 1. The van der Waals surface area contributed by atoms with Gasteiger partial charge in [-0.3, -0.25) is 0 Å². The van der Waals surface area contributed by atoms with Crippen molar-refractivity contribution in [2.45, 2.75) is 181 Å². The summed E-state index contributed by atoms with van der Waals surface area (Å²) in [4.78, 5) is 0. The van der Waals surface area contributed by atoms with Gasteiger partial charge < -0.3 is 30.2 Å². The molecule has 0 bridgehead atoms. The van der Waals surface area contributed by atoms with E-state index in [0.29, 0.717) is 19.8 Å². The van der Waals surface area contributed by atoms with Gasteiger partial charge in [-0.1, -0.05) is 135 Å². The number of unbranched alkanes of at least 4 members (excludes halogenated alkanes) is 21. The fourth-order valence-electron chi connectivity index (χ4n) is 5.99. The third-order valence-electron chi connectivity index (χ3n) is 8.46. The third-order valence-corrected chi connectivity index (χ3v) is 11.6. The zero-order valence-corrected chi connectivity index (χ0v) is 30.8. The molecule has 0 aliphatic rings. The van der Waals surface area contributed by atoms with Gasteiger partial charge in [0.25, 0.3) is 0 Å². The van der Waals surface area contributed by atoms with E-state index in [9.17, 15) is 0 Å². The van der Waals surface area contributed by atoms with Gasteiger partial charge in [0.2, 0.25) is 0 Å². The van der Waals surface area contributed by atoms with E-state index in [1.807, 2.05) is 20.8 Å². The van der Waals surface area contributed by atoms with Gasteiger partial charge in [0.05, 0.1) is 27.2 Å². The first-order valence-electron chi connectivity index (χ1n) is 18.2. The Morgan fingerprint density at radius 3 is 0.951 bits per heavy atom. The van der Waals surface area contributed by atoms with Gasteiger partial charge >= 0.3 is 8.80 Å². The lowest BCUT2D eigenvalue weighted by Crippen LogP contribution is -3.00. The van der Waals surface area contributed by atoms with E-state index < -0.39 is 8.80 Å². The second kappa shape index (κ2) is 31.8. The van der Waals surface area contributed by atoms with Crippen LogP contribution in [0.25, 0.3) is 0 Å². The topological polar surface area (TPSA) is 27.7 Å². The van der Waals surface area contributed by atoms with E-state index in [2.05, 4.69) is 21.0 Å². The number of quaternary nitrogens is 1. The molecular formula is C35H76ClNO3Si. The van der Waals surface area contributed by atoms with Crippen LogP contribution in [-0.2, 0) is 13.3 Å². The first-order valence-corrected chi connectivity index (χ1v) is 20.1. The molecule has 0 rings (SSSR count). The molecule has 0 saturated carbocycles. The van der Waals surface area contributed by atoms with Crippen molar-refractivity contribution >= 4 is 8.80 Å². The summed E-state index contributed by atoms with van der Waals surface area (Å²) < 4.78 is 19.2. The Morgan fingerprint density at radius 2 is 0.659 bits per heavy atom. The summed E-state index contributed by atoms with van der Waals surface area (Å²) in [6, 6.07) is 0.934. The van der Waals surface area contributed by atoms with Crippen molar-refractivity contribution < 1.29 is 30.2 Å². The molecule has 41 heavy (non-hydrogen) atoms. The summed E-state index contributed by atoms with van der Waals surface area (Å²) in [6.45, 7) is 12.9. The molecule has 0 saturated heterocycles. The van der Waals surface area contributed by atoms with Crippen molar-refractivity contribution in [1.82, 2.24) is 0 Å². The minimum Gasteiger partial charge on any atom is -1.00 e. The van der Waals surface area contributed by atoms with Gasteiger partial charge in [-0.15, -0.1) is 0 Å². The number of halogens is 1. The maximum Gasteiger partial charge on any atom is 0.501 e. The van der Waals surface area contributed by atoms with Crippen LogP contribution in [0.5, 0.6) is 0 Å². The molecule has 0 fully saturated rings. The molecule has 0 unspecified atom stereocenters. The van der Waals surface area contributed by atoms with Crippen molar-refractivity contribution in [2.24, 2.45) is 0 Å². The SMILES string of the molecule is CCCCCCCCCCCCCCCCCCCCCCCC[N+](C)(C)CCC[Si](OCC)(OCC)OCC.[Cl-]. The highest BCUT2D eigenvalue weighted by Crippen LogP contribution is 2.20. The summed E-state index contributed by atoms with van der Waals surface area (Å²) in [5.74, 6) is 0. The number of rotatable bonds is 33. The average Bonchev–Trinajstić information content (AvgIpc) is 2.92. The average molecular weight is 623 g/mol. The molecule has 0 radical (unpaired) electrons. The monoisotopic (exact) mass is 622 g/mol. The van der Waals surface area contributed by atoms with E-state index in [-0.39, 0.29) is 12.4 Å². The molecule has 4 nitrogen and oxygen atoms in total. The van der Waals surface area contributed by atoms with Crippen molar-refractivity contribution in [3.63, 3.8) is 0 Å². The van der Waals surface area contributed by atoms with Crippen molar-refractivity contribution in [1.29, 1.82) is 0 Å². The minimum absolute atomic E-state index is 0. The highest BCUT2D eigenvalue weighted by molar-refractivity contribution is 6.60. The van der Waals surface area contributed by atoms with Gasteiger partial charge in [-0.25, -0.2) is 0 Å². The van der Waals surface area contributed by atoms with Gasteiger partial charge in [-0.05, 0) is 33.6 Å². The Morgan fingerprint density at radius 1 is 0.390 bits per heavy atom. The minimum atomic E-state index is -2.49. The lowest BCUT2D eigenvalue weighted by molar-refractivity contribution is -0.890. The highest BCUT2D eigenvalue weighted by Gasteiger charge is 2.40. The maximum absolute atomic E-state index is 6.02. The standard InChI is InChI=1S/C35H76NO3Si.ClH/c1-7-11-12-13-14-15-16-17-18-19-20-21-22-23-24-25-26-27-28-29-30-31-33-36(5,6)34-32-35-40(37-8-2,38-9-3)39-10-4;/h7-35H2,1-6H3;1H/q+1;/p-1. The molecule has 0 aromatic rings. The summed E-state index contributed by atoms with van der Waals surface area (Å²) in [5, 5.41) is 0. The summed E-state index contributed by atoms with van der Waals surface area (Å²) in [7, 11) is 2.27. The van der Waals surface area contributed by atoms with E-state index >= 15 is 0 Å². The molecule has 0 heterocycles. The maximum atomic E-state index is 6.02. The molecule has 0 aliphatic heterocycles. The molecule has 0 atom stereocenters. The van der Waals surface area contributed by atoms with Crippen LogP contribution in [0.2, 0.25) is 6.04 Å². The first-order chi connectivity index (χ1) is 19.4. The summed E-state index contributed by atoms with van der Waals surface area (Å²) >= 11 is 0. The van der Waals surface area contributed by atoms with Gasteiger partial charge in [0, 0.05) is 32.3 Å². The van der Waals surface area contributed by atoms with Crippen molar-refractivity contribution in [3.05, 3.63) is 0 Å². The quantitative estimate of drug-likeness (QED) is 0.0421. The lowest BCUT2D eigenvalue weighted by Gasteiger charge is -2.32. The van der Waals surface area contributed by atoms with Crippen LogP contribution in [0.3, 0.4) is 0 Å². The van der Waals surface area contributed by atoms with E-state index in [4.69, 9.17) is 13.3 Å². The Kier molecular flexibility index (Phi) is 33.7. The second-order valence-corrected chi connectivity index (χ2v) is 15.6. The predicted molar refractivity (Wildman–Crippen MR) is 179 cm³/mol. The molecule has 0 N–H and O–H groups in total. The van der Waals surface area contributed by atoms with Crippen molar-refractivity contribution in [2.75, 3.05) is 47.0 Å². The van der Waals surface area contributed by atoms with E-state index in [1.54, 1.807) is 0 Å². The highest BCUT2D eigenvalue weighted by atomic mass is 35.5. The summed E-state index contributed by atoms with van der Waals surface area (Å²) in [5.41, 5.74) is 0. The molecule has 0 aliphatic carbocycles. The van der Waals surface area contributed by atoms with Crippen LogP contribution in [0.1, 0.15) is 175 Å². The van der Waals surface area contributed by atoms with E-state index in [1.165, 1.54) is 154 Å². The predicted octanol–water partition coefficient (Wildman–Crippen LogP) is 8.11. The van der Waals surface area contributed by atoms with Crippen LogP contribution < -0.4 is 12.4 Å². The summed E-state index contributed by atoms with van der Waals surface area (Å²) in [6.07, 6.45) is 33.0. The van der Waals surface area contributed by atoms with Crippen LogP contribution in [0, 0.1) is 0 Å². The fourth-order valence-corrected chi connectivity index (χ4v) is 8.58. The molecule has 0 amide bonds.